The molecular formula is C21H21FN6. The van der Waals surface area contributed by atoms with Gasteiger partial charge in [-0.3, -0.25) is 14.1 Å². The number of alkyl halides is 1. The molecule has 2 aliphatic rings. The molecule has 0 spiro atoms. The van der Waals surface area contributed by atoms with Gasteiger partial charge in [-0.1, -0.05) is 12.1 Å². The van der Waals surface area contributed by atoms with Crippen LogP contribution in [-0.4, -0.2) is 45.2 Å². The van der Waals surface area contributed by atoms with Crippen LogP contribution in [0.25, 0.3) is 11.1 Å². The van der Waals surface area contributed by atoms with Gasteiger partial charge in [-0.05, 0) is 23.6 Å². The molecule has 1 saturated heterocycles. The highest BCUT2D eigenvalue weighted by Crippen LogP contribution is 2.29. The third-order valence-corrected chi connectivity index (χ3v) is 5.53. The van der Waals surface area contributed by atoms with Crippen LogP contribution in [0.15, 0.2) is 48.0 Å². The lowest BCUT2D eigenvalue weighted by molar-refractivity contribution is 0.384. The Morgan fingerprint density at radius 3 is 2.89 bits per heavy atom. The van der Waals surface area contributed by atoms with Crippen molar-refractivity contribution in [1.82, 2.24) is 19.7 Å². The average Bonchev–Trinajstić information content (AvgIpc) is 3.46. The zero-order valence-corrected chi connectivity index (χ0v) is 15.7. The summed E-state index contributed by atoms with van der Waals surface area (Å²) in [5.74, 6) is 0.950. The third-order valence-electron chi connectivity index (χ3n) is 5.53. The molecule has 1 fully saturated rings. The number of fused-ring (bicyclic) bond motifs is 1. The maximum atomic E-state index is 13.0. The van der Waals surface area contributed by atoms with Crippen molar-refractivity contribution in [3.8, 4) is 11.1 Å². The lowest BCUT2D eigenvalue weighted by atomic mass is 9.98. The molecule has 1 aromatic carbocycles. The SMILES string of the molecule is Cn1cc(-c2ccc3c(c2)C(c2cc(N4CC[C@@H](CF)C4)ncn2)=NC3)cn1. The molecule has 0 bridgehead atoms. The standard InChI is InChI=1S/C21H21FN6/c1-27-12-17(10-26-27)15-2-3-16-9-23-21(18(16)6-15)19-7-20(25-13-24-19)28-5-4-14(8-22)11-28/h2-3,6-7,10,12-14H,4-5,8-9,11H2,1H3/t14-/m0/s1. The Balaban J connectivity index is 1.47. The minimum Gasteiger partial charge on any atom is -0.356 e. The Morgan fingerprint density at radius 1 is 1.18 bits per heavy atom. The van der Waals surface area contributed by atoms with Gasteiger partial charge in [-0.15, -0.1) is 0 Å². The summed E-state index contributed by atoms with van der Waals surface area (Å²) >= 11 is 0. The second kappa shape index (κ2) is 6.82. The van der Waals surface area contributed by atoms with Crippen LogP contribution < -0.4 is 4.90 Å². The largest absolute Gasteiger partial charge is 0.356 e. The van der Waals surface area contributed by atoms with E-state index in [9.17, 15) is 4.39 Å². The van der Waals surface area contributed by atoms with Crippen LogP contribution in [0.1, 0.15) is 23.2 Å². The van der Waals surface area contributed by atoms with Crippen LogP contribution in [-0.2, 0) is 13.6 Å². The van der Waals surface area contributed by atoms with Crippen molar-refractivity contribution in [1.29, 1.82) is 0 Å². The van der Waals surface area contributed by atoms with Crippen molar-refractivity contribution in [3.63, 3.8) is 0 Å². The highest BCUT2D eigenvalue weighted by atomic mass is 19.1. The summed E-state index contributed by atoms with van der Waals surface area (Å²) in [7, 11) is 1.91. The summed E-state index contributed by atoms with van der Waals surface area (Å²) < 4.78 is 14.8. The molecule has 0 N–H and O–H groups in total. The molecule has 6 nitrogen and oxygen atoms in total. The molecule has 0 amide bonds. The zero-order chi connectivity index (χ0) is 19.1. The molecule has 0 unspecified atom stereocenters. The minimum absolute atomic E-state index is 0.102. The molecule has 2 aromatic heterocycles. The normalized spacial score (nSPS) is 18.4. The van der Waals surface area contributed by atoms with Crippen LogP contribution >= 0.6 is 0 Å². The molecule has 3 aromatic rings. The smallest absolute Gasteiger partial charge is 0.132 e. The van der Waals surface area contributed by atoms with Gasteiger partial charge < -0.3 is 4.90 Å². The maximum Gasteiger partial charge on any atom is 0.132 e. The van der Waals surface area contributed by atoms with Crippen molar-refractivity contribution >= 4 is 11.5 Å². The Kier molecular flexibility index (Phi) is 4.15. The molecule has 28 heavy (non-hydrogen) atoms. The molecule has 0 radical (unpaired) electrons. The van der Waals surface area contributed by atoms with Gasteiger partial charge in [0.15, 0.2) is 0 Å². The quantitative estimate of drug-likeness (QED) is 0.702. The van der Waals surface area contributed by atoms with Crippen LogP contribution in [0.3, 0.4) is 0 Å². The van der Waals surface area contributed by atoms with Gasteiger partial charge in [0.1, 0.15) is 12.1 Å². The fourth-order valence-electron chi connectivity index (χ4n) is 3.97. The molecule has 0 aliphatic carbocycles. The number of aliphatic imine (C=N–C) groups is 1. The second-order valence-corrected chi connectivity index (χ2v) is 7.46. The van der Waals surface area contributed by atoms with E-state index in [0.29, 0.717) is 13.1 Å². The Hall–Kier alpha value is -3.09. The molecular weight excluding hydrogens is 355 g/mol. The van der Waals surface area contributed by atoms with Gasteiger partial charge in [0.25, 0.3) is 0 Å². The van der Waals surface area contributed by atoms with E-state index in [4.69, 9.17) is 4.99 Å². The van der Waals surface area contributed by atoms with Gasteiger partial charge >= 0.3 is 0 Å². The molecule has 2 aliphatic heterocycles. The van der Waals surface area contributed by atoms with Crippen LogP contribution in [0.2, 0.25) is 0 Å². The Bertz CT molecular complexity index is 1060. The first kappa shape index (κ1) is 17.0. The van der Waals surface area contributed by atoms with Crippen LogP contribution in [0.4, 0.5) is 10.2 Å². The van der Waals surface area contributed by atoms with Crippen molar-refractivity contribution < 1.29 is 4.39 Å². The van der Waals surface area contributed by atoms with Crippen molar-refractivity contribution in [2.75, 3.05) is 24.7 Å². The first-order valence-electron chi connectivity index (χ1n) is 9.51. The number of aromatic nitrogens is 4. The van der Waals surface area contributed by atoms with Crippen molar-refractivity contribution in [2.45, 2.75) is 13.0 Å². The number of rotatable bonds is 4. The van der Waals surface area contributed by atoms with Gasteiger partial charge in [0.05, 0.1) is 30.8 Å². The predicted molar refractivity (Wildman–Crippen MR) is 106 cm³/mol. The molecule has 0 saturated carbocycles. The number of benzene rings is 1. The van der Waals surface area contributed by atoms with Gasteiger partial charge in [0.2, 0.25) is 0 Å². The third kappa shape index (κ3) is 2.96. The van der Waals surface area contributed by atoms with E-state index in [-0.39, 0.29) is 12.6 Å². The first-order chi connectivity index (χ1) is 13.7. The number of halogens is 1. The van der Waals surface area contributed by atoms with E-state index in [1.54, 1.807) is 11.0 Å². The lowest BCUT2D eigenvalue weighted by Crippen LogP contribution is -2.22. The van der Waals surface area contributed by atoms with Gasteiger partial charge in [-0.25, -0.2) is 9.97 Å². The van der Waals surface area contributed by atoms with Gasteiger partial charge in [0, 0.05) is 49.4 Å². The zero-order valence-electron chi connectivity index (χ0n) is 15.7. The van der Waals surface area contributed by atoms with E-state index in [1.807, 2.05) is 25.5 Å². The summed E-state index contributed by atoms with van der Waals surface area (Å²) in [6.07, 6.45) is 6.32. The van der Waals surface area contributed by atoms with E-state index in [1.165, 1.54) is 5.56 Å². The fraction of sp³-hybridized carbons (Fsp3) is 0.333. The van der Waals surface area contributed by atoms with Crippen molar-refractivity contribution in [3.05, 3.63) is 59.8 Å². The van der Waals surface area contributed by atoms with E-state index in [0.717, 1.165) is 46.9 Å². The second-order valence-electron chi connectivity index (χ2n) is 7.46. The van der Waals surface area contributed by atoms with E-state index >= 15 is 0 Å². The van der Waals surface area contributed by atoms with Crippen LogP contribution in [0.5, 0.6) is 0 Å². The highest BCUT2D eigenvalue weighted by Gasteiger charge is 2.25. The Labute approximate surface area is 162 Å². The number of anilines is 1. The topological polar surface area (TPSA) is 59.2 Å². The van der Waals surface area contributed by atoms with Gasteiger partial charge in [-0.2, -0.15) is 5.10 Å². The maximum absolute atomic E-state index is 13.0. The predicted octanol–water partition coefficient (Wildman–Crippen LogP) is 3.02. The van der Waals surface area contributed by atoms with E-state index < -0.39 is 0 Å². The summed E-state index contributed by atoms with van der Waals surface area (Å²) in [4.78, 5) is 15.8. The lowest BCUT2D eigenvalue weighted by Gasteiger charge is -2.17. The molecule has 7 heteroatoms. The van der Waals surface area contributed by atoms with Crippen molar-refractivity contribution in [2.24, 2.45) is 18.0 Å². The average molecular weight is 376 g/mol. The summed E-state index contributed by atoms with van der Waals surface area (Å²) in [5.41, 5.74) is 6.20. The number of hydrogen-bond donors (Lipinski definition) is 0. The summed E-state index contributed by atoms with van der Waals surface area (Å²) in [6.45, 7) is 1.93. The van der Waals surface area contributed by atoms with Crippen LogP contribution in [0, 0.1) is 5.92 Å². The first-order valence-corrected chi connectivity index (χ1v) is 9.51. The highest BCUT2D eigenvalue weighted by molar-refractivity contribution is 6.14. The molecule has 142 valence electrons. The number of aryl methyl sites for hydroxylation is 1. The fourth-order valence-corrected chi connectivity index (χ4v) is 3.97. The monoisotopic (exact) mass is 376 g/mol. The molecule has 4 heterocycles. The minimum atomic E-state index is -0.272. The number of hydrogen-bond acceptors (Lipinski definition) is 5. The molecule has 5 rings (SSSR count). The number of nitrogens with zero attached hydrogens (tertiary/aromatic N) is 6. The molecule has 1 atom stereocenters. The summed E-state index contributed by atoms with van der Waals surface area (Å²) in [6, 6.07) is 8.38. The Morgan fingerprint density at radius 2 is 2.11 bits per heavy atom. The van der Waals surface area contributed by atoms with E-state index in [2.05, 4.69) is 38.2 Å². The summed E-state index contributed by atoms with van der Waals surface area (Å²) in [5, 5.41) is 4.27.